The molecule has 1 unspecified atom stereocenters. The van der Waals surface area contributed by atoms with E-state index in [1.165, 1.54) is 4.90 Å². The van der Waals surface area contributed by atoms with Crippen LogP contribution in [-0.2, 0) is 14.4 Å². The topological polar surface area (TPSA) is 74.7 Å². The molecule has 5 nitrogen and oxygen atoms in total. The molecule has 0 spiro atoms. The second-order valence-corrected chi connectivity index (χ2v) is 5.26. The van der Waals surface area contributed by atoms with E-state index in [0.29, 0.717) is 12.8 Å². The zero-order chi connectivity index (χ0) is 13.2. The van der Waals surface area contributed by atoms with Crippen molar-refractivity contribution >= 4 is 17.8 Å². The third-order valence-corrected chi connectivity index (χ3v) is 3.11. The fourth-order valence-electron chi connectivity index (χ4n) is 2.10. The first-order chi connectivity index (χ1) is 7.75. The third kappa shape index (κ3) is 3.05. The summed E-state index contributed by atoms with van der Waals surface area (Å²) in [7, 11) is 0. The van der Waals surface area contributed by atoms with Crippen molar-refractivity contribution in [3.8, 4) is 0 Å². The number of hydrogen-bond acceptors (Lipinski definition) is 3. The van der Waals surface area contributed by atoms with Crippen LogP contribution in [0.4, 0.5) is 0 Å². The van der Waals surface area contributed by atoms with E-state index >= 15 is 0 Å². The van der Waals surface area contributed by atoms with Crippen LogP contribution in [0.1, 0.15) is 46.5 Å². The lowest BCUT2D eigenvalue weighted by Gasteiger charge is -2.24. The van der Waals surface area contributed by atoms with Crippen LogP contribution < -0.4 is 0 Å². The smallest absolute Gasteiger partial charge is 0.303 e. The van der Waals surface area contributed by atoms with Crippen LogP contribution in [0.15, 0.2) is 0 Å². The van der Waals surface area contributed by atoms with Crippen molar-refractivity contribution in [3.05, 3.63) is 0 Å². The Labute approximate surface area is 101 Å². The first-order valence-electron chi connectivity index (χ1n) is 5.84. The first-order valence-corrected chi connectivity index (χ1v) is 5.84. The van der Waals surface area contributed by atoms with Crippen molar-refractivity contribution in [1.29, 1.82) is 0 Å². The SMILES string of the molecule is CC(CCCC(=O)O)N1C(=O)CC(C)(C)C1=O. The maximum Gasteiger partial charge on any atom is 0.303 e. The fraction of sp³-hybridized carbons (Fsp3) is 0.750. The predicted molar refractivity (Wildman–Crippen MR) is 61.2 cm³/mol. The van der Waals surface area contributed by atoms with Crippen molar-refractivity contribution in [2.75, 3.05) is 0 Å². The highest BCUT2D eigenvalue weighted by molar-refractivity contribution is 6.05. The van der Waals surface area contributed by atoms with Gasteiger partial charge in [-0.05, 0) is 19.8 Å². The molecule has 2 amide bonds. The van der Waals surface area contributed by atoms with Crippen molar-refractivity contribution in [3.63, 3.8) is 0 Å². The van der Waals surface area contributed by atoms with Crippen LogP contribution in [0.2, 0.25) is 0 Å². The average Bonchev–Trinajstić information content (AvgIpc) is 2.35. The first kappa shape index (κ1) is 13.7. The number of carboxylic acids is 1. The normalized spacial score (nSPS) is 20.8. The van der Waals surface area contributed by atoms with E-state index in [0.717, 1.165) is 0 Å². The third-order valence-electron chi connectivity index (χ3n) is 3.11. The van der Waals surface area contributed by atoms with Gasteiger partial charge in [0.15, 0.2) is 0 Å². The molecule has 1 atom stereocenters. The molecule has 0 radical (unpaired) electrons. The minimum atomic E-state index is -0.850. The maximum atomic E-state index is 12.0. The Kier molecular flexibility index (Phi) is 3.91. The molecule has 1 N–H and O–H groups in total. The molecule has 1 aliphatic heterocycles. The van der Waals surface area contributed by atoms with E-state index < -0.39 is 11.4 Å². The molecular weight excluding hydrogens is 222 g/mol. The number of nitrogens with zero attached hydrogens (tertiary/aromatic N) is 1. The van der Waals surface area contributed by atoms with Crippen molar-refractivity contribution in [2.45, 2.75) is 52.5 Å². The number of amides is 2. The van der Waals surface area contributed by atoms with Gasteiger partial charge in [0, 0.05) is 18.9 Å². The van der Waals surface area contributed by atoms with E-state index in [2.05, 4.69) is 0 Å². The molecule has 1 aliphatic rings. The molecule has 0 saturated carbocycles. The number of imide groups is 1. The molecule has 1 fully saturated rings. The number of likely N-dealkylation sites (tertiary alicyclic amines) is 1. The van der Waals surface area contributed by atoms with Gasteiger partial charge in [-0.2, -0.15) is 0 Å². The number of carboxylic acid groups (broad SMARTS) is 1. The Bertz CT molecular complexity index is 348. The number of carbonyl (C=O) groups is 3. The maximum absolute atomic E-state index is 12.0. The molecule has 0 aromatic rings. The van der Waals surface area contributed by atoms with Crippen LogP contribution in [-0.4, -0.2) is 33.8 Å². The van der Waals surface area contributed by atoms with Crippen molar-refractivity contribution in [2.24, 2.45) is 5.41 Å². The number of rotatable bonds is 5. The highest BCUT2D eigenvalue weighted by Gasteiger charge is 2.46. The monoisotopic (exact) mass is 241 g/mol. The van der Waals surface area contributed by atoms with Gasteiger partial charge in [-0.1, -0.05) is 13.8 Å². The Morgan fingerprint density at radius 3 is 2.47 bits per heavy atom. The molecule has 0 bridgehead atoms. The molecule has 1 rings (SSSR count). The summed E-state index contributed by atoms with van der Waals surface area (Å²) in [5, 5.41) is 8.53. The summed E-state index contributed by atoms with van der Waals surface area (Å²) in [5.41, 5.74) is -0.613. The minimum Gasteiger partial charge on any atom is -0.481 e. The Hall–Kier alpha value is -1.39. The lowest BCUT2D eigenvalue weighted by atomic mass is 9.92. The highest BCUT2D eigenvalue weighted by Crippen LogP contribution is 2.33. The number of carbonyl (C=O) groups excluding carboxylic acids is 2. The zero-order valence-corrected chi connectivity index (χ0v) is 10.5. The van der Waals surface area contributed by atoms with Gasteiger partial charge in [0.1, 0.15) is 0 Å². The van der Waals surface area contributed by atoms with Gasteiger partial charge in [-0.25, -0.2) is 0 Å². The molecular formula is C12H19NO4. The van der Waals surface area contributed by atoms with Crippen molar-refractivity contribution < 1.29 is 19.5 Å². The van der Waals surface area contributed by atoms with E-state index in [1.807, 2.05) is 0 Å². The summed E-state index contributed by atoms with van der Waals surface area (Å²) in [5.74, 6) is -1.15. The summed E-state index contributed by atoms with van der Waals surface area (Å²) in [6.45, 7) is 5.31. The summed E-state index contributed by atoms with van der Waals surface area (Å²) >= 11 is 0. The lowest BCUT2D eigenvalue weighted by molar-refractivity contribution is -0.143. The van der Waals surface area contributed by atoms with Crippen molar-refractivity contribution in [1.82, 2.24) is 4.90 Å². The molecule has 96 valence electrons. The standard InChI is InChI=1S/C12H19NO4/c1-8(5-4-6-10(15)16)13-9(14)7-12(2,3)11(13)17/h8H,4-7H2,1-3H3,(H,15,16). The van der Waals surface area contributed by atoms with E-state index in [9.17, 15) is 14.4 Å². The molecule has 5 heteroatoms. The van der Waals surface area contributed by atoms with Crippen LogP contribution in [0.5, 0.6) is 0 Å². The summed E-state index contributed by atoms with van der Waals surface area (Å²) in [6.07, 6.45) is 1.34. The van der Waals surface area contributed by atoms with Gasteiger partial charge in [0.2, 0.25) is 11.8 Å². The zero-order valence-electron chi connectivity index (χ0n) is 10.5. The summed E-state index contributed by atoms with van der Waals surface area (Å²) in [4.78, 5) is 35.4. The quantitative estimate of drug-likeness (QED) is 0.738. The van der Waals surface area contributed by atoms with E-state index in [-0.39, 0.29) is 30.7 Å². The minimum absolute atomic E-state index is 0.0734. The van der Waals surface area contributed by atoms with Crippen LogP contribution in [0.25, 0.3) is 0 Å². The Balaban J connectivity index is 2.58. The number of hydrogen-bond donors (Lipinski definition) is 1. The van der Waals surface area contributed by atoms with Crippen LogP contribution in [0.3, 0.4) is 0 Å². The van der Waals surface area contributed by atoms with Gasteiger partial charge >= 0.3 is 5.97 Å². The highest BCUT2D eigenvalue weighted by atomic mass is 16.4. The fourth-order valence-corrected chi connectivity index (χ4v) is 2.10. The van der Waals surface area contributed by atoms with Gasteiger partial charge < -0.3 is 5.11 Å². The molecule has 0 aliphatic carbocycles. The van der Waals surface area contributed by atoms with Gasteiger partial charge in [-0.15, -0.1) is 0 Å². The summed E-state index contributed by atoms with van der Waals surface area (Å²) in [6, 6.07) is -0.212. The predicted octanol–water partition coefficient (Wildman–Crippen LogP) is 1.41. The molecule has 1 heterocycles. The van der Waals surface area contributed by atoms with Crippen LogP contribution >= 0.6 is 0 Å². The second kappa shape index (κ2) is 4.85. The number of aliphatic carboxylic acids is 1. The van der Waals surface area contributed by atoms with E-state index in [4.69, 9.17) is 5.11 Å². The molecule has 0 aromatic heterocycles. The second-order valence-electron chi connectivity index (χ2n) is 5.26. The molecule has 17 heavy (non-hydrogen) atoms. The Morgan fingerprint density at radius 2 is 2.06 bits per heavy atom. The molecule has 0 aromatic carbocycles. The molecule has 1 saturated heterocycles. The lowest BCUT2D eigenvalue weighted by Crippen LogP contribution is -2.40. The average molecular weight is 241 g/mol. The van der Waals surface area contributed by atoms with Gasteiger partial charge in [-0.3, -0.25) is 19.3 Å². The van der Waals surface area contributed by atoms with Crippen LogP contribution in [0, 0.1) is 5.41 Å². The van der Waals surface area contributed by atoms with Gasteiger partial charge in [0.05, 0.1) is 5.41 Å². The largest absolute Gasteiger partial charge is 0.481 e. The van der Waals surface area contributed by atoms with E-state index in [1.54, 1.807) is 20.8 Å². The van der Waals surface area contributed by atoms with Gasteiger partial charge in [0.25, 0.3) is 0 Å². The Morgan fingerprint density at radius 1 is 1.47 bits per heavy atom. The summed E-state index contributed by atoms with van der Waals surface area (Å²) < 4.78 is 0.